The molecule has 0 saturated carbocycles. The number of aliphatic hydroxyl groups is 3. The first kappa shape index (κ1) is 11.4. The molecule has 0 radical (unpaired) electrons. The van der Waals surface area contributed by atoms with Gasteiger partial charge in [-0.05, 0) is 36.1 Å². The third kappa shape index (κ3) is 2.35. The van der Waals surface area contributed by atoms with Gasteiger partial charge in [-0.2, -0.15) is 0 Å². The van der Waals surface area contributed by atoms with Crippen LogP contribution in [0.25, 0.3) is 0 Å². The summed E-state index contributed by atoms with van der Waals surface area (Å²) in [5, 5.41) is 27.4. The topological polar surface area (TPSA) is 69.9 Å². The summed E-state index contributed by atoms with van der Waals surface area (Å²) in [5.74, 6) is 0.667. The average Bonchev–Trinajstić information content (AvgIpc) is 2.67. The maximum Gasteiger partial charge on any atom is 0.119 e. The lowest BCUT2D eigenvalue weighted by Crippen LogP contribution is -2.21. The molecule has 0 fully saturated rings. The van der Waals surface area contributed by atoms with Crippen LogP contribution in [-0.4, -0.2) is 34.6 Å². The fourth-order valence-corrected chi connectivity index (χ4v) is 1.91. The highest BCUT2D eigenvalue weighted by molar-refractivity contribution is 5.39. The van der Waals surface area contributed by atoms with E-state index in [2.05, 4.69) is 0 Å². The van der Waals surface area contributed by atoms with E-state index < -0.39 is 6.10 Å². The van der Waals surface area contributed by atoms with Crippen molar-refractivity contribution in [3.8, 4) is 5.75 Å². The summed E-state index contributed by atoms with van der Waals surface area (Å²) < 4.78 is 5.33. The van der Waals surface area contributed by atoms with Gasteiger partial charge >= 0.3 is 0 Å². The molecule has 2 rings (SSSR count). The molecule has 0 amide bonds. The number of fused-ring (bicyclic) bond motifs is 1. The van der Waals surface area contributed by atoms with E-state index in [4.69, 9.17) is 14.9 Å². The van der Waals surface area contributed by atoms with Gasteiger partial charge in [0, 0.05) is 0 Å². The van der Waals surface area contributed by atoms with Gasteiger partial charge in [0.1, 0.15) is 18.5 Å². The van der Waals surface area contributed by atoms with Crippen LogP contribution in [0.4, 0.5) is 0 Å². The maximum atomic E-state index is 9.61. The van der Waals surface area contributed by atoms with Crippen molar-refractivity contribution in [3.63, 3.8) is 0 Å². The third-order valence-electron chi connectivity index (χ3n) is 2.81. The first-order chi connectivity index (χ1) is 7.70. The molecule has 1 aromatic rings. The van der Waals surface area contributed by atoms with Gasteiger partial charge in [0.2, 0.25) is 0 Å². The van der Waals surface area contributed by atoms with Crippen LogP contribution in [-0.2, 0) is 6.42 Å². The Morgan fingerprint density at radius 3 is 3.00 bits per heavy atom. The highest BCUT2D eigenvalue weighted by atomic mass is 16.5. The van der Waals surface area contributed by atoms with Crippen LogP contribution >= 0.6 is 0 Å². The molecule has 3 N–H and O–H groups in total. The monoisotopic (exact) mass is 224 g/mol. The van der Waals surface area contributed by atoms with Crippen LogP contribution < -0.4 is 4.74 Å². The highest BCUT2D eigenvalue weighted by Crippen LogP contribution is 2.33. The molecule has 0 aromatic heterocycles. The Labute approximate surface area is 94.1 Å². The molecule has 0 heterocycles. The first-order valence-electron chi connectivity index (χ1n) is 5.43. The minimum Gasteiger partial charge on any atom is -0.491 e. The molecule has 0 bridgehead atoms. The molecule has 1 aliphatic carbocycles. The Kier molecular flexibility index (Phi) is 3.43. The number of hydrogen-bond acceptors (Lipinski definition) is 4. The predicted octanol–water partition coefficient (Wildman–Crippen LogP) is 0.398. The third-order valence-corrected chi connectivity index (χ3v) is 2.81. The summed E-state index contributed by atoms with van der Waals surface area (Å²) in [5.41, 5.74) is 2.07. The second-order valence-corrected chi connectivity index (χ2v) is 4.06. The van der Waals surface area contributed by atoms with Gasteiger partial charge in [-0.1, -0.05) is 6.07 Å². The molecule has 0 saturated heterocycles. The summed E-state index contributed by atoms with van der Waals surface area (Å²) in [6.07, 6.45) is 0.417. The van der Waals surface area contributed by atoms with Gasteiger partial charge in [-0.15, -0.1) is 0 Å². The van der Waals surface area contributed by atoms with E-state index in [1.807, 2.05) is 12.1 Å². The summed E-state index contributed by atoms with van der Waals surface area (Å²) in [7, 11) is 0. The Hall–Kier alpha value is -1.10. The maximum absolute atomic E-state index is 9.61. The van der Waals surface area contributed by atoms with Crippen molar-refractivity contribution in [3.05, 3.63) is 29.3 Å². The lowest BCUT2D eigenvalue weighted by Gasteiger charge is -2.11. The lowest BCUT2D eigenvalue weighted by atomic mass is 10.1. The van der Waals surface area contributed by atoms with Gasteiger partial charge in [0.25, 0.3) is 0 Å². The van der Waals surface area contributed by atoms with Crippen molar-refractivity contribution in [2.75, 3.05) is 13.2 Å². The highest BCUT2D eigenvalue weighted by Gasteiger charge is 2.20. The Morgan fingerprint density at radius 2 is 2.25 bits per heavy atom. The number of aliphatic hydroxyl groups excluding tert-OH is 3. The predicted molar refractivity (Wildman–Crippen MR) is 58.3 cm³/mol. The zero-order valence-electron chi connectivity index (χ0n) is 8.97. The normalized spacial score (nSPS) is 20.6. The smallest absolute Gasteiger partial charge is 0.119 e. The Bertz CT molecular complexity index is 364. The van der Waals surface area contributed by atoms with Crippen molar-refractivity contribution in [2.45, 2.75) is 25.0 Å². The molecule has 1 aliphatic rings. The zero-order chi connectivity index (χ0) is 11.5. The Morgan fingerprint density at radius 1 is 1.44 bits per heavy atom. The molecule has 1 aromatic carbocycles. The fraction of sp³-hybridized carbons (Fsp3) is 0.500. The van der Waals surface area contributed by atoms with Crippen LogP contribution in [0.2, 0.25) is 0 Å². The molecular weight excluding hydrogens is 208 g/mol. The molecule has 2 unspecified atom stereocenters. The summed E-state index contributed by atoms with van der Waals surface area (Å²) in [6.45, 7) is -0.221. The van der Waals surface area contributed by atoms with Gasteiger partial charge in [0.15, 0.2) is 0 Å². The second kappa shape index (κ2) is 4.82. The number of aryl methyl sites for hydroxylation is 1. The van der Waals surface area contributed by atoms with E-state index in [1.165, 1.54) is 0 Å². The van der Waals surface area contributed by atoms with E-state index in [0.29, 0.717) is 5.75 Å². The van der Waals surface area contributed by atoms with Crippen LogP contribution in [0.15, 0.2) is 18.2 Å². The van der Waals surface area contributed by atoms with Crippen LogP contribution in [0, 0.1) is 0 Å². The SMILES string of the molecule is OCC(O)COc1ccc2c(c1)CCC2O. The number of benzene rings is 1. The Balaban J connectivity index is 2.02. The van der Waals surface area contributed by atoms with E-state index in [-0.39, 0.29) is 19.3 Å². The number of rotatable bonds is 4. The summed E-state index contributed by atoms with van der Waals surface area (Å²) >= 11 is 0. The summed E-state index contributed by atoms with van der Waals surface area (Å²) in [6, 6.07) is 5.51. The van der Waals surface area contributed by atoms with Gasteiger partial charge in [0.05, 0.1) is 12.7 Å². The van der Waals surface area contributed by atoms with Gasteiger partial charge in [-0.3, -0.25) is 0 Å². The molecule has 4 heteroatoms. The van der Waals surface area contributed by atoms with Gasteiger partial charge in [-0.25, -0.2) is 0 Å². The van der Waals surface area contributed by atoms with Crippen LogP contribution in [0.5, 0.6) is 5.75 Å². The number of hydrogen-bond donors (Lipinski definition) is 3. The second-order valence-electron chi connectivity index (χ2n) is 4.06. The molecule has 4 nitrogen and oxygen atoms in total. The molecule has 16 heavy (non-hydrogen) atoms. The van der Waals surface area contributed by atoms with Gasteiger partial charge < -0.3 is 20.1 Å². The van der Waals surface area contributed by atoms with E-state index in [0.717, 1.165) is 24.0 Å². The van der Waals surface area contributed by atoms with E-state index in [9.17, 15) is 5.11 Å². The van der Waals surface area contributed by atoms with E-state index in [1.54, 1.807) is 6.07 Å². The largest absolute Gasteiger partial charge is 0.491 e. The van der Waals surface area contributed by atoms with Crippen molar-refractivity contribution in [1.82, 2.24) is 0 Å². The minimum absolute atomic E-state index is 0.0812. The van der Waals surface area contributed by atoms with Crippen molar-refractivity contribution in [2.24, 2.45) is 0 Å². The number of ether oxygens (including phenoxy) is 1. The molecule has 0 spiro atoms. The van der Waals surface area contributed by atoms with Crippen molar-refractivity contribution in [1.29, 1.82) is 0 Å². The van der Waals surface area contributed by atoms with Crippen molar-refractivity contribution < 1.29 is 20.1 Å². The first-order valence-corrected chi connectivity index (χ1v) is 5.43. The zero-order valence-corrected chi connectivity index (χ0v) is 8.97. The van der Waals surface area contributed by atoms with Crippen molar-refractivity contribution >= 4 is 0 Å². The minimum atomic E-state index is -0.848. The molecule has 2 atom stereocenters. The molecular formula is C12H16O4. The van der Waals surface area contributed by atoms with Crippen LogP contribution in [0.3, 0.4) is 0 Å². The van der Waals surface area contributed by atoms with Crippen LogP contribution in [0.1, 0.15) is 23.7 Å². The van der Waals surface area contributed by atoms with E-state index >= 15 is 0 Å². The molecule has 88 valence electrons. The summed E-state index contributed by atoms with van der Waals surface area (Å²) in [4.78, 5) is 0. The molecule has 0 aliphatic heterocycles. The lowest BCUT2D eigenvalue weighted by molar-refractivity contribution is 0.0536. The fourth-order valence-electron chi connectivity index (χ4n) is 1.91. The average molecular weight is 224 g/mol. The standard InChI is InChI=1S/C12H16O4/c13-6-9(14)7-16-10-2-3-11-8(5-10)1-4-12(11)15/h2-3,5,9,12-15H,1,4,6-7H2. The quantitative estimate of drug-likeness (QED) is 0.692.